The van der Waals surface area contributed by atoms with E-state index in [0.29, 0.717) is 24.7 Å². The average Bonchev–Trinajstić information content (AvgIpc) is 3.69. The van der Waals surface area contributed by atoms with Gasteiger partial charge in [0.25, 0.3) is 0 Å². The number of thioether (sulfide) groups is 1. The highest BCUT2D eigenvalue weighted by Crippen LogP contribution is 2.50. The minimum Gasteiger partial charge on any atom is -0.497 e. The predicted octanol–water partition coefficient (Wildman–Crippen LogP) is 5.02. The van der Waals surface area contributed by atoms with Crippen LogP contribution in [0.25, 0.3) is 16.9 Å². The van der Waals surface area contributed by atoms with E-state index in [1.54, 1.807) is 23.8 Å². The Hall–Kier alpha value is -4.28. The molecule has 2 aliphatic heterocycles. The molecular weight excluding hydrogens is 564 g/mol. The number of aromatic nitrogens is 2. The number of para-hydroxylation sites is 1. The molecule has 3 aromatic carbocycles. The van der Waals surface area contributed by atoms with E-state index < -0.39 is 0 Å². The summed E-state index contributed by atoms with van der Waals surface area (Å²) in [5.74, 6) is 1.73. The van der Waals surface area contributed by atoms with Crippen molar-refractivity contribution in [3.63, 3.8) is 0 Å². The molecule has 1 aromatic heterocycles. The molecule has 222 valence electrons. The number of anilines is 1. The standard InChI is InChI=1S/C33H34N4O5S/c1-40-24-16-14-23(15-17-24)37-33-30(31(35-37)22-9-4-3-5-10-22)32(26-12-6-7-13-27(26)41-2)43-21-29(39)36(33)20-28(38)34-19-25-11-8-18-42-25/h3-7,9-10,12-17,25,32H,8,11,18-21H2,1-2H3,(H,34,38)/t25-,32-/m0/s1. The fourth-order valence-electron chi connectivity index (χ4n) is 5.59. The summed E-state index contributed by atoms with van der Waals surface area (Å²) in [7, 11) is 3.27. The fraction of sp³-hybridized carbons (Fsp3) is 0.303. The molecule has 1 saturated heterocycles. The van der Waals surface area contributed by atoms with Gasteiger partial charge >= 0.3 is 0 Å². The first-order valence-corrected chi connectivity index (χ1v) is 15.4. The maximum atomic E-state index is 13.9. The van der Waals surface area contributed by atoms with Crippen LogP contribution < -0.4 is 19.7 Å². The summed E-state index contributed by atoms with van der Waals surface area (Å²) in [5, 5.41) is 7.83. The molecule has 0 unspecified atom stereocenters. The summed E-state index contributed by atoms with van der Waals surface area (Å²) in [4.78, 5) is 28.9. The van der Waals surface area contributed by atoms with Crippen LogP contribution >= 0.6 is 11.8 Å². The van der Waals surface area contributed by atoms with Gasteiger partial charge in [-0.25, -0.2) is 4.68 Å². The minimum absolute atomic E-state index is 0.000613. The van der Waals surface area contributed by atoms with Crippen molar-refractivity contribution < 1.29 is 23.8 Å². The van der Waals surface area contributed by atoms with Gasteiger partial charge in [0.2, 0.25) is 11.8 Å². The lowest BCUT2D eigenvalue weighted by Crippen LogP contribution is -2.44. The molecule has 0 spiro atoms. The molecule has 1 N–H and O–H groups in total. The Balaban J connectivity index is 1.53. The van der Waals surface area contributed by atoms with Gasteiger partial charge in [0.15, 0.2) is 0 Å². The second-order valence-electron chi connectivity index (χ2n) is 10.4. The lowest BCUT2D eigenvalue weighted by Gasteiger charge is -2.24. The Morgan fingerprint density at radius 2 is 1.79 bits per heavy atom. The third kappa shape index (κ3) is 5.98. The zero-order chi connectivity index (χ0) is 29.8. The van der Waals surface area contributed by atoms with Crippen molar-refractivity contribution in [1.29, 1.82) is 0 Å². The fourth-order valence-corrected chi connectivity index (χ4v) is 6.82. The maximum absolute atomic E-state index is 13.9. The molecule has 9 nitrogen and oxygen atoms in total. The lowest BCUT2D eigenvalue weighted by atomic mass is 9.99. The maximum Gasteiger partial charge on any atom is 0.240 e. The third-order valence-corrected chi connectivity index (χ3v) is 8.96. The highest BCUT2D eigenvalue weighted by molar-refractivity contribution is 8.00. The molecule has 6 rings (SSSR count). The number of nitrogens with zero attached hydrogens (tertiary/aromatic N) is 3. The Labute approximate surface area is 255 Å². The molecule has 3 heterocycles. The van der Waals surface area contributed by atoms with Crippen molar-refractivity contribution in [3.05, 3.63) is 90.0 Å². The summed E-state index contributed by atoms with van der Waals surface area (Å²) in [5.41, 5.74) is 4.15. The van der Waals surface area contributed by atoms with Crippen molar-refractivity contribution in [2.75, 3.05) is 44.6 Å². The van der Waals surface area contributed by atoms with Crippen molar-refractivity contribution in [2.45, 2.75) is 24.2 Å². The van der Waals surface area contributed by atoms with Gasteiger partial charge in [-0.15, -0.1) is 11.8 Å². The van der Waals surface area contributed by atoms with E-state index in [1.165, 1.54) is 11.8 Å². The van der Waals surface area contributed by atoms with Crippen molar-refractivity contribution in [3.8, 4) is 28.4 Å². The highest BCUT2D eigenvalue weighted by Gasteiger charge is 2.38. The van der Waals surface area contributed by atoms with Crippen LogP contribution in [0.2, 0.25) is 0 Å². The Morgan fingerprint density at radius 1 is 1.02 bits per heavy atom. The summed E-state index contributed by atoms with van der Waals surface area (Å²) in [6.45, 7) is 0.979. The zero-order valence-electron chi connectivity index (χ0n) is 24.2. The topological polar surface area (TPSA) is 94.9 Å². The molecule has 2 amide bonds. The number of nitrogens with one attached hydrogen (secondary N) is 1. The van der Waals surface area contributed by atoms with Gasteiger partial charge in [0, 0.05) is 29.8 Å². The van der Waals surface area contributed by atoms with Crippen molar-refractivity contribution >= 4 is 29.4 Å². The van der Waals surface area contributed by atoms with E-state index in [2.05, 4.69) is 5.32 Å². The molecule has 2 atom stereocenters. The molecule has 43 heavy (non-hydrogen) atoms. The van der Waals surface area contributed by atoms with Gasteiger partial charge in [0.1, 0.15) is 23.9 Å². The number of methoxy groups -OCH3 is 2. The highest BCUT2D eigenvalue weighted by atomic mass is 32.2. The van der Waals surface area contributed by atoms with E-state index in [1.807, 2.05) is 78.9 Å². The third-order valence-electron chi connectivity index (χ3n) is 7.73. The first-order valence-electron chi connectivity index (χ1n) is 14.3. The summed E-state index contributed by atoms with van der Waals surface area (Å²) >= 11 is 1.51. The molecule has 0 saturated carbocycles. The number of fused-ring (bicyclic) bond motifs is 1. The van der Waals surface area contributed by atoms with Gasteiger partial charge in [-0.3, -0.25) is 14.5 Å². The van der Waals surface area contributed by atoms with E-state index >= 15 is 0 Å². The van der Waals surface area contributed by atoms with Crippen molar-refractivity contribution in [1.82, 2.24) is 15.1 Å². The van der Waals surface area contributed by atoms with Crippen LogP contribution in [0.3, 0.4) is 0 Å². The SMILES string of the molecule is COc1ccc(-n2nc(-c3ccccc3)c3c2N(CC(=O)NC[C@@H]2CCCO2)C(=O)CS[C@H]3c2ccccc2OC)cc1. The molecule has 4 aromatic rings. The quantitative estimate of drug-likeness (QED) is 0.289. The second kappa shape index (κ2) is 12.9. The van der Waals surface area contributed by atoms with Crippen molar-refractivity contribution in [2.24, 2.45) is 0 Å². The average molecular weight is 599 g/mol. The van der Waals surface area contributed by atoms with Crippen LogP contribution in [0.5, 0.6) is 11.5 Å². The second-order valence-corrected chi connectivity index (χ2v) is 11.5. The number of hydrogen-bond donors (Lipinski definition) is 1. The van der Waals surface area contributed by atoms with Gasteiger partial charge in [-0.1, -0.05) is 48.5 Å². The van der Waals surface area contributed by atoms with Crippen LogP contribution in [-0.4, -0.2) is 67.4 Å². The molecule has 1 fully saturated rings. The minimum atomic E-state index is -0.294. The number of carbonyl (C=O) groups is 2. The molecule has 0 bridgehead atoms. The van der Waals surface area contributed by atoms with E-state index in [4.69, 9.17) is 19.3 Å². The summed E-state index contributed by atoms with van der Waals surface area (Å²) < 4.78 is 18.6. The molecular formula is C33H34N4O5S. The normalized spacial score (nSPS) is 18.2. The predicted molar refractivity (Wildman–Crippen MR) is 167 cm³/mol. The Kier molecular flexibility index (Phi) is 8.67. The number of rotatable bonds is 9. The molecule has 2 aliphatic rings. The first-order chi connectivity index (χ1) is 21.1. The molecule has 0 radical (unpaired) electrons. The van der Waals surface area contributed by atoms with Gasteiger partial charge in [0.05, 0.1) is 42.7 Å². The van der Waals surface area contributed by atoms with Crippen LogP contribution in [-0.2, 0) is 14.3 Å². The van der Waals surface area contributed by atoms with Gasteiger partial charge in [-0.2, -0.15) is 5.10 Å². The summed E-state index contributed by atoms with van der Waals surface area (Å²) in [6, 6.07) is 25.3. The van der Waals surface area contributed by atoms with Crippen LogP contribution in [0.1, 0.15) is 29.2 Å². The van der Waals surface area contributed by atoms with Gasteiger partial charge in [-0.05, 0) is 43.2 Å². The number of carbonyl (C=O) groups excluding carboxylic acids is 2. The van der Waals surface area contributed by atoms with Gasteiger partial charge < -0.3 is 19.5 Å². The number of benzene rings is 3. The van der Waals surface area contributed by atoms with E-state index in [9.17, 15) is 9.59 Å². The number of ether oxygens (including phenoxy) is 3. The number of hydrogen-bond acceptors (Lipinski definition) is 7. The summed E-state index contributed by atoms with van der Waals surface area (Å²) in [6.07, 6.45) is 1.90. The molecule has 0 aliphatic carbocycles. The molecule has 10 heteroatoms. The van der Waals surface area contributed by atoms with Crippen LogP contribution in [0.15, 0.2) is 78.9 Å². The van der Waals surface area contributed by atoms with Crippen LogP contribution in [0.4, 0.5) is 5.82 Å². The zero-order valence-corrected chi connectivity index (χ0v) is 25.0. The lowest BCUT2D eigenvalue weighted by molar-refractivity contribution is -0.123. The monoisotopic (exact) mass is 598 g/mol. The van der Waals surface area contributed by atoms with E-state index in [0.717, 1.165) is 46.7 Å². The largest absolute Gasteiger partial charge is 0.497 e. The Morgan fingerprint density at radius 3 is 2.51 bits per heavy atom. The first kappa shape index (κ1) is 28.8. The van der Waals surface area contributed by atoms with E-state index in [-0.39, 0.29) is 35.5 Å². The van der Waals surface area contributed by atoms with Crippen LogP contribution in [0, 0.1) is 0 Å². The number of amides is 2. The smallest absolute Gasteiger partial charge is 0.240 e. The Bertz CT molecular complexity index is 1580.